The Kier molecular flexibility index (Phi) is 6.36. The second kappa shape index (κ2) is 8.80. The molecule has 2 heterocycles. The fourth-order valence-corrected chi connectivity index (χ4v) is 6.09. The lowest BCUT2D eigenvalue weighted by Gasteiger charge is -2.40. The van der Waals surface area contributed by atoms with E-state index in [4.69, 9.17) is 9.47 Å². The van der Waals surface area contributed by atoms with Crippen molar-refractivity contribution < 1.29 is 35.9 Å². The van der Waals surface area contributed by atoms with Gasteiger partial charge in [-0.1, -0.05) is 28.1 Å². The molecule has 0 bridgehead atoms. The Morgan fingerprint density at radius 3 is 2.48 bits per heavy atom. The summed E-state index contributed by atoms with van der Waals surface area (Å²) in [6.07, 6.45) is -4.67. The number of carbonyl (C=O) groups excluding carboxylic acids is 1. The fraction of sp³-hybridized carbons (Fsp3) is 0.381. The van der Waals surface area contributed by atoms with Crippen LogP contribution in [-0.4, -0.2) is 45.1 Å². The van der Waals surface area contributed by atoms with Crippen molar-refractivity contribution in [2.24, 2.45) is 0 Å². The van der Waals surface area contributed by atoms with Gasteiger partial charge in [-0.05, 0) is 37.1 Å². The zero-order valence-corrected chi connectivity index (χ0v) is 19.8. The summed E-state index contributed by atoms with van der Waals surface area (Å²) < 4.78 is 77.4. The molecule has 2 aromatic rings. The summed E-state index contributed by atoms with van der Waals surface area (Å²) in [5.41, 5.74) is 0.317. The number of hydrogen-bond acceptors (Lipinski definition) is 5. The Balaban J connectivity index is 1.56. The number of sulfonamides is 1. The lowest BCUT2D eigenvalue weighted by atomic mass is 10.0. The molecule has 0 radical (unpaired) electrons. The number of fused-ring (bicyclic) bond motifs is 1. The predicted octanol–water partition coefficient (Wildman–Crippen LogP) is 4.79. The van der Waals surface area contributed by atoms with E-state index >= 15 is 0 Å². The van der Waals surface area contributed by atoms with Crippen LogP contribution in [0.25, 0.3) is 0 Å². The quantitative estimate of drug-likeness (QED) is 0.549. The van der Waals surface area contributed by atoms with Crippen molar-refractivity contribution in [2.75, 3.05) is 25.1 Å². The molecule has 0 saturated carbocycles. The Hall–Kier alpha value is -2.31. The van der Waals surface area contributed by atoms with Crippen molar-refractivity contribution in [3.63, 3.8) is 0 Å². The first-order chi connectivity index (χ1) is 15.5. The summed E-state index contributed by atoms with van der Waals surface area (Å²) >= 11 is 2.82. The molecule has 0 N–H and O–H groups in total. The Morgan fingerprint density at radius 1 is 1.15 bits per heavy atom. The average Bonchev–Trinajstić information content (AvgIpc) is 2.78. The van der Waals surface area contributed by atoms with Gasteiger partial charge in [-0.25, -0.2) is 13.2 Å². The molecular formula is C21H20BrF3N2O5S. The number of alkyl halides is 3. The molecule has 178 valence electrons. The number of benzene rings is 2. The number of halogens is 4. The number of nitrogens with zero attached hydrogens (tertiary/aromatic N) is 2. The Morgan fingerprint density at radius 2 is 1.85 bits per heavy atom. The first-order valence-corrected chi connectivity index (χ1v) is 12.3. The SMILES string of the molecule is COc1cccc2c1N(C1CCN(S(=O)(=O)c3ccc(Br)c(C(F)(F)F)c3)CC1)C(=O)OC2. The summed E-state index contributed by atoms with van der Waals surface area (Å²) in [6.45, 7) is 0.192. The number of hydrogen-bond donors (Lipinski definition) is 0. The second-order valence-corrected chi connectivity index (χ2v) is 10.5. The summed E-state index contributed by atoms with van der Waals surface area (Å²) in [4.78, 5) is 13.7. The highest BCUT2D eigenvalue weighted by Crippen LogP contribution is 2.40. The monoisotopic (exact) mass is 548 g/mol. The van der Waals surface area contributed by atoms with E-state index < -0.39 is 32.8 Å². The van der Waals surface area contributed by atoms with Crippen LogP contribution in [0.1, 0.15) is 24.0 Å². The number of para-hydroxylation sites is 1. The highest BCUT2D eigenvalue weighted by molar-refractivity contribution is 9.10. The van der Waals surface area contributed by atoms with Crippen molar-refractivity contribution >= 4 is 37.7 Å². The van der Waals surface area contributed by atoms with Gasteiger partial charge in [-0.15, -0.1) is 0 Å². The van der Waals surface area contributed by atoms with Crippen LogP contribution in [0.4, 0.5) is 23.7 Å². The number of piperidine rings is 1. The van der Waals surface area contributed by atoms with Gasteiger partial charge in [0.05, 0.1) is 23.3 Å². The molecule has 0 aromatic heterocycles. The average molecular weight is 549 g/mol. The summed E-state index contributed by atoms with van der Waals surface area (Å²) in [5, 5.41) is 0. The van der Waals surface area contributed by atoms with Crippen molar-refractivity contribution in [1.82, 2.24) is 4.31 Å². The number of anilines is 1. The molecule has 12 heteroatoms. The van der Waals surface area contributed by atoms with Crippen molar-refractivity contribution in [3.8, 4) is 5.75 Å². The van der Waals surface area contributed by atoms with Gasteiger partial charge in [0.2, 0.25) is 10.0 Å². The van der Waals surface area contributed by atoms with E-state index in [9.17, 15) is 26.4 Å². The molecule has 0 unspecified atom stereocenters. The molecule has 33 heavy (non-hydrogen) atoms. The number of cyclic esters (lactones) is 1. The van der Waals surface area contributed by atoms with Gasteiger partial charge in [-0.3, -0.25) is 4.90 Å². The summed E-state index contributed by atoms with van der Waals surface area (Å²) in [6, 6.07) is 7.85. The summed E-state index contributed by atoms with van der Waals surface area (Å²) in [7, 11) is -2.65. The van der Waals surface area contributed by atoms with Crippen LogP contribution < -0.4 is 9.64 Å². The van der Waals surface area contributed by atoms with Gasteiger partial charge in [-0.2, -0.15) is 17.5 Å². The zero-order valence-electron chi connectivity index (χ0n) is 17.4. The standard InChI is InChI=1S/C21H20BrF3N2O5S/c1-31-18-4-2-3-13-12-32-20(28)27(19(13)18)14-7-9-26(10-8-14)33(29,30)15-5-6-17(22)16(11-15)21(23,24)25/h2-6,11,14H,7-10,12H2,1H3. The van der Waals surface area contributed by atoms with Crippen LogP contribution in [0.5, 0.6) is 5.75 Å². The molecule has 4 rings (SSSR count). The van der Waals surface area contributed by atoms with Gasteiger partial charge in [0, 0.05) is 29.2 Å². The zero-order chi connectivity index (χ0) is 24.0. The third-order valence-corrected chi connectivity index (χ3v) is 8.35. The van der Waals surface area contributed by atoms with Gasteiger partial charge >= 0.3 is 12.3 Å². The molecule has 2 aromatic carbocycles. The molecule has 1 amide bonds. The van der Waals surface area contributed by atoms with E-state index in [-0.39, 0.29) is 43.1 Å². The largest absolute Gasteiger partial charge is 0.495 e. The lowest BCUT2D eigenvalue weighted by Crippen LogP contribution is -2.50. The van der Waals surface area contributed by atoms with E-state index in [1.54, 1.807) is 12.1 Å². The van der Waals surface area contributed by atoms with E-state index in [1.165, 1.54) is 12.0 Å². The number of amides is 1. The molecule has 1 fully saturated rings. The van der Waals surface area contributed by atoms with E-state index in [0.29, 0.717) is 17.5 Å². The van der Waals surface area contributed by atoms with Crippen LogP contribution in [0.15, 0.2) is 45.8 Å². The normalized spacial score (nSPS) is 18.1. The van der Waals surface area contributed by atoms with Gasteiger partial charge in [0.25, 0.3) is 0 Å². The second-order valence-electron chi connectivity index (χ2n) is 7.67. The molecule has 0 spiro atoms. The van der Waals surface area contributed by atoms with Crippen LogP contribution >= 0.6 is 15.9 Å². The maximum absolute atomic E-state index is 13.2. The Labute approximate surface area is 197 Å². The minimum Gasteiger partial charge on any atom is -0.495 e. The maximum Gasteiger partial charge on any atom is 0.417 e. The molecule has 7 nitrogen and oxygen atoms in total. The third kappa shape index (κ3) is 4.43. The highest BCUT2D eigenvalue weighted by Gasteiger charge is 2.39. The van der Waals surface area contributed by atoms with E-state index in [2.05, 4.69) is 15.9 Å². The minimum absolute atomic E-state index is 0.0404. The smallest absolute Gasteiger partial charge is 0.417 e. The number of methoxy groups -OCH3 is 1. The lowest BCUT2D eigenvalue weighted by molar-refractivity contribution is -0.138. The Bertz CT molecular complexity index is 1170. The maximum atomic E-state index is 13.2. The van der Waals surface area contributed by atoms with Crippen molar-refractivity contribution in [1.29, 1.82) is 0 Å². The summed E-state index contributed by atoms with van der Waals surface area (Å²) in [5.74, 6) is 0.508. The van der Waals surface area contributed by atoms with E-state index in [0.717, 1.165) is 22.0 Å². The van der Waals surface area contributed by atoms with Gasteiger partial charge in [0.1, 0.15) is 12.4 Å². The van der Waals surface area contributed by atoms with Crippen LogP contribution in [0.2, 0.25) is 0 Å². The van der Waals surface area contributed by atoms with E-state index in [1.807, 2.05) is 6.07 Å². The van der Waals surface area contributed by atoms with Crippen LogP contribution in [0.3, 0.4) is 0 Å². The van der Waals surface area contributed by atoms with Crippen molar-refractivity contribution in [2.45, 2.75) is 36.6 Å². The molecule has 0 aliphatic carbocycles. The highest BCUT2D eigenvalue weighted by atomic mass is 79.9. The van der Waals surface area contributed by atoms with Crippen molar-refractivity contribution in [3.05, 3.63) is 52.0 Å². The first kappa shape index (κ1) is 23.8. The molecular weight excluding hydrogens is 529 g/mol. The molecule has 0 atom stereocenters. The molecule has 2 aliphatic rings. The van der Waals surface area contributed by atoms with Crippen LogP contribution in [0, 0.1) is 0 Å². The molecule has 2 aliphatic heterocycles. The number of ether oxygens (including phenoxy) is 2. The third-order valence-electron chi connectivity index (χ3n) is 5.76. The molecule has 1 saturated heterocycles. The topological polar surface area (TPSA) is 76.2 Å². The van der Waals surface area contributed by atoms with Gasteiger partial charge in [0.15, 0.2) is 0 Å². The minimum atomic E-state index is -4.70. The predicted molar refractivity (Wildman–Crippen MR) is 117 cm³/mol. The van der Waals surface area contributed by atoms with Gasteiger partial charge < -0.3 is 9.47 Å². The first-order valence-electron chi connectivity index (χ1n) is 10.0. The van der Waals surface area contributed by atoms with Crippen LogP contribution in [-0.2, 0) is 27.5 Å². The fourth-order valence-electron chi connectivity index (χ4n) is 4.13. The number of rotatable bonds is 4. The number of carbonyl (C=O) groups is 1.